The Morgan fingerprint density at radius 2 is 0.909 bits per heavy atom. The molecule has 0 unspecified atom stereocenters. The molecule has 0 aliphatic rings. The Labute approximate surface area is 99.2 Å². The molecule has 0 spiro atoms. The molecular weight excluding hydrogens is 405 g/mol. The van der Waals surface area contributed by atoms with Crippen LogP contribution in [0.25, 0.3) is 0 Å². The van der Waals surface area contributed by atoms with Crippen molar-refractivity contribution >= 4 is 64.3 Å². The fraction of sp³-hybridized carbons (Fsp3) is 1.00. The number of rotatable bonds is 1. The Morgan fingerprint density at radius 3 is 0.909 bits per heavy atom. The van der Waals surface area contributed by atoms with Crippen molar-refractivity contribution in [1.82, 2.24) is 0 Å². The fourth-order valence-electron chi connectivity index (χ4n) is 0. The van der Waals surface area contributed by atoms with Crippen LogP contribution in [-0.4, -0.2) is 64.3 Å². The van der Waals surface area contributed by atoms with E-state index in [1.165, 1.54) is 0 Å². The van der Waals surface area contributed by atoms with Crippen molar-refractivity contribution in [2.45, 2.75) is 36.1 Å². The molecule has 0 aromatic rings. The zero-order chi connectivity index (χ0) is 9.71. The second-order valence-electron chi connectivity index (χ2n) is 3.52. The molecule has 0 saturated carbocycles. The Kier molecular flexibility index (Phi) is 9.56. The van der Waals surface area contributed by atoms with Crippen LogP contribution in [0.4, 0.5) is 0 Å². The van der Waals surface area contributed by atoms with E-state index in [1.807, 2.05) is 0 Å². The van der Waals surface area contributed by atoms with E-state index in [0.29, 0.717) is 0 Å². The van der Waals surface area contributed by atoms with E-state index in [9.17, 15) is 0 Å². The summed E-state index contributed by atoms with van der Waals surface area (Å²) in [6, 6.07) is 0. The monoisotopic (exact) mass is 426 g/mol. The fourth-order valence-corrected chi connectivity index (χ4v) is 0. The third kappa shape index (κ3) is 10.2. The van der Waals surface area contributed by atoms with Gasteiger partial charge in [-0.1, -0.05) is 0 Å². The van der Waals surface area contributed by atoms with Gasteiger partial charge in [0.25, 0.3) is 0 Å². The van der Waals surface area contributed by atoms with Gasteiger partial charge in [-0.2, -0.15) is 0 Å². The molecule has 0 atom stereocenters. The first-order chi connectivity index (χ1) is 4.66. The van der Waals surface area contributed by atoms with Crippen LogP contribution in [0.1, 0.15) is 0 Å². The summed E-state index contributed by atoms with van der Waals surface area (Å²) in [5, 5.41) is 0. The molecule has 5 heteroatoms. The van der Waals surface area contributed by atoms with Gasteiger partial charge < -0.3 is 0 Å². The van der Waals surface area contributed by atoms with Crippen LogP contribution < -0.4 is 0 Å². The Morgan fingerprint density at radius 1 is 0.818 bits per heavy atom. The minimum atomic E-state index is -0.900. The van der Waals surface area contributed by atoms with E-state index in [-0.39, 0.29) is 21.1 Å². The molecule has 0 nitrogen and oxygen atoms in total. The van der Waals surface area contributed by atoms with Crippen LogP contribution in [-0.2, 0) is 0 Å². The normalized spacial score (nSPS) is 12.0. The summed E-state index contributed by atoms with van der Waals surface area (Å²) >= 11 is 6.88. The van der Waals surface area contributed by atoms with Crippen LogP contribution in [0.3, 0.4) is 0 Å². The van der Waals surface area contributed by atoms with Gasteiger partial charge in [-0.15, -0.1) is 0 Å². The zero-order valence-corrected chi connectivity index (χ0v) is 16.6. The third-order valence-electron chi connectivity index (χ3n) is 1.45. The SMILES string of the molecule is C[Si](C)([Se])[Si](C)(C)[Se].[CH3][Sn][CH3]. The zero-order valence-electron chi connectivity index (χ0n) is 8.32. The third-order valence-corrected chi connectivity index (χ3v) is 38.2. The van der Waals surface area contributed by atoms with E-state index >= 15 is 0 Å². The van der Waals surface area contributed by atoms with Gasteiger partial charge in [-0.25, -0.2) is 0 Å². The van der Waals surface area contributed by atoms with Gasteiger partial charge >= 0.3 is 100 Å². The molecule has 0 aliphatic heterocycles. The predicted molar refractivity (Wildman–Crippen MR) is 64.0 cm³/mol. The molecule has 0 heterocycles. The molecule has 0 aromatic carbocycles. The molecule has 0 aliphatic carbocycles. The second-order valence-corrected chi connectivity index (χ2v) is 37.6. The quantitative estimate of drug-likeness (QED) is 0.563. The average Bonchev–Trinajstić information content (AvgIpc) is 1.60. The van der Waals surface area contributed by atoms with E-state index < -0.39 is 12.4 Å². The topological polar surface area (TPSA) is 0 Å². The molecule has 4 radical (unpaired) electrons. The van der Waals surface area contributed by atoms with Crippen molar-refractivity contribution in [3.63, 3.8) is 0 Å². The van der Waals surface area contributed by atoms with Crippen molar-refractivity contribution in [2.75, 3.05) is 0 Å². The first-order valence-corrected chi connectivity index (χ1v) is 21.3. The number of hydrogen-bond donors (Lipinski definition) is 0. The standard InChI is InChI=1S/C4H12Se2Si2.2CH3.Sn/c1-7(2,5)8(3,4)6;;;/h1-4H3;2*1H3;. The molecule has 0 N–H and O–H groups in total. The van der Waals surface area contributed by atoms with Gasteiger partial charge in [-0.05, 0) is 0 Å². The van der Waals surface area contributed by atoms with E-state index in [2.05, 4.69) is 66.8 Å². The molecular formula is C6H18Se2Si2Sn. The van der Waals surface area contributed by atoms with E-state index in [1.54, 1.807) is 0 Å². The van der Waals surface area contributed by atoms with Crippen molar-refractivity contribution < 1.29 is 0 Å². The van der Waals surface area contributed by atoms with Gasteiger partial charge in [-0.3, -0.25) is 0 Å². The van der Waals surface area contributed by atoms with Gasteiger partial charge in [0.15, 0.2) is 0 Å². The molecule has 0 rings (SSSR count). The summed E-state index contributed by atoms with van der Waals surface area (Å²) in [6.45, 7) is 9.54. The van der Waals surface area contributed by atoms with Crippen molar-refractivity contribution in [1.29, 1.82) is 0 Å². The van der Waals surface area contributed by atoms with Crippen LogP contribution >= 0.6 is 0 Å². The first kappa shape index (κ1) is 15.7. The Hall–Kier alpha value is 2.27. The molecule has 0 fully saturated rings. The van der Waals surface area contributed by atoms with Crippen molar-refractivity contribution in [2.24, 2.45) is 0 Å². The van der Waals surface area contributed by atoms with Gasteiger partial charge in [0.1, 0.15) is 0 Å². The summed E-state index contributed by atoms with van der Waals surface area (Å²) in [5.41, 5.74) is 0. The number of hydrogen-bond acceptors (Lipinski definition) is 0. The van der Waals surface area contributed by atoms with Crippen molar-refractivity contribution in [3.05, 3.63) is 0 Å². The van der Waals surface area contributed by atoms with Crippen molar-refractivity contribution in [3.8, 4) is 0 Å². The summed E-state index contributed by atoms with van der Waals surface area (Å²) in [4.78, 5) is 4.59. The minimum absolute atomic E-state index is 0.230. The van der Waals surface area contributed by atoms with Gasteiger partial charge in [0.2, 0.25) is 0 Å². The van der Waals surface area contributed by atoms with Crippen LogP contribution in [0, 0.1) is 0 Å². The maximum atomic E-state index is 3.33. The van der Waals surface area contributed by atoms with Gasteiger partial charge in [0.05, 0.1) is 0 Å². The molecule has 0 saturated heterocycles. The predicted octanol–water partition coefficient (Wildman–Crippen LogP) is 1.60. The van der Waals surface area contributed by atoms with Crippen LogP contribution in [0.5, 0.6) is 0 Å². The molecule has 11 heavy (non-hydrogen) atoms. The molecule has 66 valence electrons. The summed E-state index contributed by atoms with van der Waals surface area (Å²) in [6.07, 6.45) is -1.80. The summed E-state index contributed by atoms with van der Waals surface area (Å²) in [5.74, 6) is 0. The second kappa shape index (κ2) is 6.68. The average molecular weight is 423 g/mol. The van der Waals surface area contributed by atoms with Crippen LogP contribution in [0.15, 0.2) is 0 Å². The van der Waals surface area contributed by atoms with Crippen LogP contribution in [0.2, 0.25) is 36.1 Å². The summed E-state index contributed by atoms with van der Waals surface area (Å²) in [7, 11) is 0. The first-order valence-electron chi connectivity index (χ1n) is 3.66. The Balaban J connectivity index is 0. The van der Waals surface area contributed by atoms with Gasteiger partial charge in [0, 0.05) is 0 Å². The van der Waals surface area contributed by atoms with E-state index in [0.717, 1.165) is 0 Å². The maximum absolute atomic E-state index is 3.33. The van der Waals surface area contributed by atoms with E-state index in [4.69, 9.17) is 0 Å². The Bertz CT molecular complexity index is 83.7. The molecule has 0 aromatic heterocycles. The molecule has 0 bridgehead atoms. The summed E-state index contributed by atoms with van der Waals surface area (Å²) < 4.78 is 0. The molecule has 0 amide bonds.